The second-order valence-corrected chi connectivity index (χ2v) is 8.13. The average molecular weight is 400 g/mol. The number of hydrogen-bond donors (Lipinski definition) is 1. The maximum atomic E-state index is 12.4. The van der Waals surface area contributed by atoms with Gasteiger partial charge in [-0.3, -0.25) is 14.3 Å². The van der Waals surface area contributed by atoms with Crippen molar-refractivity contribution in [3.05, 3.63) is 39.9 Å². The Morgan fingerprint density at radius 3 is 2.56 bits per heavy atom. The van der Waals surface area contributed by atoms with Gasteiger partial charge in [0.15, 0.2) is 0 Å². The number of benzene rings is 1. The van der Waals surface area contributed by atoms with Gasteiger partial charge in [0.2, 0.25) is 0 Å². The fourth-order valence-electron chi connectivity index (χ4n) is 2.05. The third-order valence-electron chi connectivity index (χ3n) is 3.06. The van der Waals surface area contributed by atoms with E-state index in [4.69, 9.17) is 9.47 Å². The summed E-state index contributed by atoms with van der Waals surface area (Å²) in [6, 6.07) is 4.59. The number of rotatable bonds is 8. The Morgan fingerprint density at radius 1 is 1.33 bits per heavy atom. The highest BCUT2D eigenvalue weighted by Gasteiger charge is 2.27. The van der Waals surface area contributed by atoms with Crippen molar-refractivity contribution >= 4 is 28.5 Å². The van der Waals surface area contributed by atoms with Crippen LogP contribution in [0, 0.1) is 10.1 Å². The molecule has 0 aromatic heterocycles. The molecule has 0 aliphatic rings. The smallest absolute Gasteiger partial charge is 0.408 e. The highest BCUT2D eigenvalue weighted by molar-refractivity contribution is 7.84. The molecular formula is C17H24N2O7S. The summed E-state index contributed by atoms with van der Waals surface area (Å²) in [5.74, 6) is -0.940. The summed E-state index contributed by atoms with van der Waals surface area (Å²) in [6.07, 6.45) is -0.826. The van der Waals surface area contributed by atoms with Crippen LogP contribution in [0.25, 0.3) is 0 Å². The van der Waals surface area contributed by atoms with Gasteiger partial charge in [-0.1, -0.05) is 12.1 Å². The molecule has 1 aromatic carbocycles. The summed E-state index contributed by atoms with van der Waals surface area (Å²) in [5.41, 5.74) is -0.383. The van der Waals surface area contributed by atoms with Crippen molar-refractivity contribution in [2.45, 2.75) is 45.1 Å². The summed E-state index contributed by atoms with van der Waals surface area (Å²) in [6.45, 7) is 6.73. The third-order valence-corrected chi connectivity index (χ3v) is 4.42. The van der Waals surface area contributed by atoms with Crippen molar-refractivity contribution < 1.29 is 28.2 Å². The van der Waals surface area contributed by atoms with E-state index < -0.39 is 39.4 Å². The van der Waals surface area contributed by atoms with Gasteiger partial charge < -0.3 is 14.8 Å². The Labute approximate surface area is 160 Å². The van der Waals surface area contributed by atoms with Crippen molar-refractivity contribution in [2.75, 3.05) is 12.4 Å². The highest BCUT2D eigenvalue weighted by atomic mass is 32.2. The van der Waals surface area contributed by atoms with Gasteiger partial charge in [-0.25, -0.2) is 9.59 Å². The molecule has 0 aliphatic heterocycles. The van der Waals surface area contributed by atoms with Gasteiger partial charge >= 0.3 is 12.1 Å². The molecule has 0 spiro atoms. The fraction of sp³-hybridized carbons (Fsp3) is 0.529. The molecule has 10 heteroatoms. The number of non-ortho nitro benzene ring substituents is 1. The summed E-state index contributed by atoms with van der Waals surface area (Å²) < 4.78 is 22.4. The molecule has 9 nitrogen and oxygen atoms in total. The Hall–Kier alpha value is -2.49. The van der Waals surface area contributed by atoms with Crippen molar-refractivity contribution in [3.63, 3.8) is 0 Å². The molecule has 0 fully saturated rings. The number of carbonyl (C=O) groups excluding carboxylic acids is 2. The van der Waals surface area contributed by atoms with Crippen LogP contribution in [0.3, 0.4) is 0 Å². The minimum absolute atomic E-state index is 0.00637. The first-order valence-electron chi connectivity index (χ1n) is 8.26. The molecule has 0 unspecified atom stereocenters. The van der Waals surface area contributed by atoms with Gasteiger partial charge in [-0.05, 0) is 33.3 Å². The van der Waals surface area contributed by atoms with E-state index in [2.05, 4.69) is 5.32 Å². The first-order chi connectivity index (χ1) is 12.5. The van der Waals surface area contributed by atoms with Gasteiger partial charge in [-0.2, -0.15) is 0 Å². The lowest BCUT2D eigenvalue weighted by atomic mass is 10.2. The van der Waals surface area contributed by atoms with E-state index in [9.17, 15) is 23.9 Å². The quantitative estimate of drug-likeness (QED) is 0.403. The Bertz CT molecular complexity index is 715. The number of carbonyl (C=O) groups is 2. The van der Waals surface area contributed by atoms with Crippen LogP contribution in [0.5, 0.6) is 0 Å². The molecule has 1 rings (SSSR count). The van der Waals surface area contributed by atoms with Crippen molar-refractivity contribution in [2.24, 2.45) is 0 Å². The number of nitrogens with zero attached hydrogens (tertiary/aromatic N) is 1. The SMILES string of the molecule is CCOC(=O)[C@H](C[S@](=O)Cc1cccc([N+](=O)[O-])c1)NC(=O)OC(C)(C)C. The molecule has 0 saturated carbocycles. The zero-order valence-electron chi connectivity index (χ0n) is 15.7. The molecule has 1 N–H and O–H groups in total. The largest absolute Gasteiger partial charge is 0.464 e. The van der Waals surface area contributed by atoms with Crippen molar-refractivity contribution in [3.8, 4) is 0 Å². The molecule has 27 heavy (non-hydrogen) atoms. The molecule has 1 aromatic rings. The van der Waals surface area contributed by atoms with E-state index in [1.165, 1.54) is 18.2 Å². The number of amides is 1. The number of nitro benzene ring substituents is 1. The molecular weight excluding hydrogens is 376 g/mol. The predicted octanol–water partition coefficient (Wildman–Crippen LogP) is 2.30. The van der Waals surface area contributed by atoms with Crippen LogP contribution in [-0.4, -0.2) is 45.2 Å². The summed E-state index contributed by atoms with van der Waals surface area (Å²) in [5, 5.41) is 13.2. The Kier molecular flexibility index (Phi) is 8.35. The lowest BCUT2D eigenvalue weighted by molar-refractivity contribution is -0.384. The van der Waals surface area contributed by atoms with Crippen LogP contribution in [0.15, 0.2) is 24.3 Å². The molecule has 0 bridgehead atoms. The molecule has 1 amide bonds. The summed E-state index contributed by atoms with van der Waals surface area (Å²) in [7, 11) is -1.58. The lowest BCUT2D eigenvalue weighted by Gasteiger charge is -2.22. The number of hydrogen-bond acceptors (Lipinski definition) is 7. The number of ether oxygens (including phenoxy) is 2. The van der Waals surface area contributed by atoms with Crippen LogP contribution in [0.2, 0.25) is 0 Å². The second kappa shape index (κ2) is 10.0. The van der Waals surface area contributed by atoms with Gasteiger partial charge in [0.25, 0.3) is 5.69 Å². The van der Waals surface area contributed by atoms with Crippen LogP contribution in [0.1, 0.15) is 33.3 Å². The molecule has 150 valence electrons. The lowest BCUT2D eigenvalue weighted by Crippen LogP contribution is -2.47. The monoisotopic (exact) mass is 400 g/mol. The maximum Gasteiger partial charge on any atom is 0.408 e. The number of esters is 1. The van der Waals surface area contributed by atoms with Gasteiger partial charge in [0, 0.05) is 28.7 Å². The second-order valence-electron chi connectivity index (χ2n) is 6.63. The molecule has 0 radical (unpaired) electrons. The highest BCUT2D eigenvalue weighted by Crippen LogP contribution is 2.15. The van der Waals surface area contributed by atoms with Gasteiger partial charge in [0.05, 0.1) is 17.3 Å². The fourth-order valence-corrected chi connectivity index (χ4v) is 3.31. The number of nitro groups is 1. The number of nitrogens with one attached hydrogen (secondary N) is 1. The topological polar surface area (TPSA) is 125 Å². The molecule has 0 aliphatic carbocycles. The third kappa shape index (κ3) is 8.63. The minimum Gasteiger partial charge on any atom is -0.464 e. The summed E-state index contributed by atoms with van der Waals surface area (Å²) in [4.78, 5) is 34.3. The van der Waals surface area contributed by atoms with Crippen LogP contribution in [-0.2, 0) is 30.8 Å². The van der Waals surface area contributed by atoms with E-state index in [0.717, 1.165) is 0 Å². The van der Waals surface area contributed by atoms with Crippen molar-refractivity contribution in [1.29, 1.82) is 0 Å². The molecule has 0 heterocycles. The zero-order valence-corrected chi connectivity index (χ0v) is 16.5. The van der Waals surface area contributed by atoms with E-state index >= 15 is 0 Å². The Morgan fingerprint density at radius 2 is 2.00 bits per heavy atom. The van der Waals surface area contributed by atoms with E-state index in [1.54, 1.807) is 33.8 Å². The van der Waals surface area contributed by atoms with Crippen LogP contribution >= 0.6 is 0 Å². The molecule has 0 saturated heterocycles. The molecule has 2 atom stereocenters. The van der Waals surface area contributed by atoms with E-state index in [-0.39, 0.29) is 23.8 Å². The van der Waals surface area contributed by atoms with Gasteiger partial charge in [0.1, 0.15) is 11.6 Å². The van der Waals surface area contributed by atoms with Gasteiger partial charge in [-0.15, -0.1) is 0 Å². The summed E-state index contributed by atoms with van der Waals surface area (Å²) >= 11 is 0. The first kappa shape index (κ1) is 22.6. The maximum absolute atomic E-state index is 12.4. The predicted molar refractivity (Wildman–Crippen MR) is 99.6 cm³/mol. The van der Waals surface area contributed by atoms with Crippen molar-refractivity contribution in [1.82, 2.24) is 5.32 Å². The standard InChI is InChI=1S/C17H24N2O7S/c1-5-25-15(20)14(18-16(21)26-17(2,3)4)11-27(24)10-12-7-6-8-13(9-12)19(22)23/h6-9,14H,5,10-11H2,1-4H3,(H,18,21)/t14-,27+/m0/s1. The Balaban J connectivity index is 2.80. The van der Waals surface area contributed by atoms with Crippen LogP contribution in [0.4, 0.5) is 10.5 Å². The van der Waals surface area contributed by atoms with E-state index in [0.29, 0.717) is 5.56 Å². The average Bonchev–Trinajstić information content (AvgIpc) is 2.52. The normalized spacial score (nSPS) is 13.3. The van der Waals surface area contributed by atoms with Crippen LogP contribution < -0.4 is 5.32 Å². The number of alkyl carbamates (subject to hydrolysis) is 1. The zero-order chi connectivity index (χ0) is 20.6. The first-order valence-corrected chi connectivity index (χ1v) is 9.75. The van der Waals surface area contributed by atoms with E-state index in [1.807, 2.05) is 0 Å². The minimum atomic E-state index is -1.58.